The molecule has 2 atom stereocenters. The highest BCUT2D eigenvalue weighted by atomic mass is 16.5. The van der Waals surface area contributed by atoms with E-state index in [1.165, 1.54) is 96.4 Å². The molecule has 1 fully saturated rings. The van der Waals surface area contributed by atoms with Crippen LogP contribution < -0.4 is 0 Å². The Hall–Kier alpha value is -1.14. The molecule has 0 radical (unpaired) electrons. The van der Waals surface area contributed by atoms with E-state index in [0.29, 0.717) is 61.6 Å². The van der Waals surface area contributed by atoms with Crippen LogP contribution in [0.15, 0.2) is 0 Å². The molecule has 0 aromatic rings. The van der Waals surface area contributed by atoms with Crippen LogP contribution in [-0.2, 0) is 23.8 Å². The molecule has 0 aliphatic carbocycles. The molecule has 1 heterocycles. The second-order valence-corrected chi connectivity index (χ2v) is 18.1. The maximum Gasteiger partial charge on any atom is 0.305 e. The highest BCUT2D eigenvalue weighted by Crippen LogP contribution is 2.24. The Kier molecular flexibility index (Phi) is 30.2. The normalized spacial score (nSPS) is 15.8. The highest BCUT2D eigenvalue weighted by Gasteiger charge is 2.19. The van der Waals surface area contributed by atoms with Crippen LogP contribution in [0.1, 0.15) is 197 Å². The Bertz CT molecular complexity index is 779. The zero-order valence-corrected chi connectivity index (χ0v) is 36.0. The lowest BCUT2D eigenvalue weighted by Crippen LogP contribution is -2.39. The summed E-state index contributed by atoms with van der Waals surface area (Å²) in [7, 11) is 0. The molecule has 0 bridgehead atoms. The molecule has 0 N–H and O–H groups in total. The van der Waals surface area contributed by atoms with Crippen LogP contribution >= 0.6 is 0 Å². The highest BCUT2D eigenvalue weighted by molar-refractivity contribution is 5.69. The fourth-order valence-corrected chi connectivity index (χ4v) is 7.51. The number of hydrogen-bond acceptors (Lipinski definition) is 6. The van der Waals surface area contributed by atoms with Crippen molar-refractivity contribution in [3.8, 4) is 0 Å². The van der Waals surface area contributed by atoms with E-state index in [1.54, 1.807) is 0 Å². The first-order valence-corrected chi connectivity index (χ1v) is 22.6. The summed E-state index contributed by atoms with van der Waals surface area (Å²) in [5.41, 5.74) is 0. The average molecular weight is 736 g/mol. The minimum atomic E-state index is -0.00145. The third-order valence-corrected chi connectivity index (χ3v) is 11.6. The van der Waals surface area contributed by atoms with Crippen molar-refractivity contribution in [1.29, 1.82) is 0 Å². The van der Waals surface area contributed by atoms with Gasteiger partial charge in [0.15, 0.2) is 0 Å². The molecule has 2 unspecified atom stereocenters. The van der Waals surface area contributed by atoms with Gasteiger partial charge in [0.25, 0.3) is 0 Å². The number of carbonyl (C=O) groups is 2. The summed E-state index contributed by atoms with van der Waals surface area (Å²) >= 11 is 0. The zero-order valence-electron chi connectivity index (χ0n) is 36.0. The zero-order chi connectivity index (χ0) is 38.4. The number of esters is 2. The Morgan fingerprint density at radius 1 is 0.500 bits per heavy atom. The molecule has 6 nitrogen and oxygen atoms in total. The van der Waals surface area contributed by atoms with Gasteiger partial charge < -0.3 is 14.2 Å². The summed E-state index contributed by atoms with van der Waals surface area (Å²) in [6.45, 7) is 24.4. The molecule has 1 rings (SSSR count). The minimum Gasteiger partial charge on any atom is -0.465 e. The van der Waals surface area contributed by atoms with Gasteiger partial charge in [-0.25, -0.2) is 0 Å². The molecule has 0 spiro atoms. The molecule has 1 aliphatic rings. The number of rotatable bonds is 34. The largest absolute Gasteiger partial charge is 0.465 e. The lowest BCUT2D eigenvalue weighted by Gasteiger charge is -2.30. The van der Waals surface area contributed by atoms with Crippen molar-refractivity contribution in [2.24, 2.45) is 41.4 Å². The molecule has 0 aromatic carbocycles. The summed E-state index contributed by atoms with van der Waals surface area (Å²) < 4.78 is 16.9. The predicted molar refractivity (Wildman–Crippen MR) is 221 cm³/mol. The summed E-state index contributed by atoms with van der Waals surface area (Å²) in [4.78, 5) is 27.2. The van der Waals surface area contributed by atoms with Crippen LogP contribution in [0.5, 0.6) is 0 Å². The fourth-order valence-electron chi connectivity index (χ4n) is 7.51. The van der Waals surface area contributed by atoms with Gasteiger partial charge in [-0.05, 0) is 80.0 Å². The first kappa shape index (κ1) is 48.9. The van der Waals surface area contributed by atoms with Crippen LogP contribution in [0, 0.1) is 41.4 Å². The molecular weight excluding hydrogens is 647 g/mol. The van der Waals surface area contributed by atoms with Gasteiger partial charge in [-0.1, -0.05) is 145 Å². The van der Waals surface area contributed by atoms with Crippen LogP contribution in [0.2, 0.25) is 0 Å². The molecule has 6 heteroatoms. The van der Waals surface area contributed by atoms with Gasteiger partial charge in [0.1, 0.15) is 0 Å². The van der Waals surface area contributed by atoms with Crippen molar-refractivity contribution in [2.45, 2.75) is 197 Å². The molecule has 1 aliphatic heterocycles. The molecule has 0 aromatic heterocycles. The van der Waals surface area contributed by atoms with E-state index in [-0.39, 0.29) is 11.9 Å². The van der Waals surface area contributed by atoms with E-state index in [1.807, 2.05) is 0 Å². The Balaban J connectivity index is 2.14. The van der Waals surface area contributed by atoms with Crippen molar-refractivity contribution in [2.75, 3.05) is 46.1 Å². The second kappa shape index (κ2) is 32.1. The van der Waals surface area contributed by atoms with Crippen LogP contribution in [0.25, 0.3) is 0 Å². The third-order valence-electron chi connectivity index (χ3n) is 11.6. The van der Waals surface area contributed by atoms with Gasteiger partial charge in [-0.2, -0.15) is 0 Å². The van der Waals surface area contributed by atoms with Gasteiger partial charge in [-0.3, -0.25) is 14.5 Å². The van der Waals surface area contributed by atoms with Gasteiger partial charge in [0.2, 0.25) is 0 Å². The summed E-state index contributed by atoms with van der Waals surface area (Å²) in [5.74, 6) is 4.30. The monoisotopic (exact) mass is 736 g/mol. The quantitative estimate of drug-likeness (QED) is 0.0484. The third kappa shape index (κ3) is 28.3. The molecule has 1 saturated heterocycles. The van der Waals surface area contributed by atoms with Crippen molar-refractivity contribution >= 4 is 11.9 Å². The topological polar surface area (TPSA) is 65.1 Å². The predicted octanol–water partition coefficient (Wildman–Crippen LogP) is 12.5. The number of carbonyl (C=O) groups excluding carboxylic acids is 2. The van der Waals surface area contributed by atoms with Crippen LogP contribution in [-0.4, -0.2) is 62.9 Å². The number of morpholine rings is 1. The van der Waals surface area contributed by atoms with E-state index in [0.717, 1.165) is 70.7 Å². The second-order valence-electron chi connectivity index (χ2n) is 18.1. The summed E-state index contributed by atoms with van der Waals surface area (Å²) in [6.07, 6.45) is 25.8. The van der Waals surface area contributed by atoms with Gasteiger partial charge in [0.05, 0.1) is 26.4 Å². The average Bonchev–Trinajstić information content (AvgIpc) is 3.09. The SMILES string of the molecule is CC(C)CCC(COC(=O)CCCCCCCCCC(CCCCCCCCCC(=O)OCC(CCC(C)C)C(C)C)CN1CCOCC1)C(C)C. The first-order chi connectivity index (χ1) is 25.0. The van der Waals surface area contributed by atoms with Gasteiger partial charge in [-0.15, -0.1) is 0 Å². The smallest absolute Gasteiger partial charge is 0.305 e. The molecule has 0 saturated carbocycles. The van der Waals surface area contributed by atoms with Crippen LogP contribution in [0.3, 0.4) is 0 Å². The lowest BCUT2D eigenvalue weighted by atomic mass is 9.89. The fraction of sp³-hybridized carbons (Fsp3) is 0.957. The Morgan fingerprint density at radius 2 is 0.865 bits per heavy atom. The van der Waals surface area contributed by atoms with E-state index in [2.05, 4.69) is 60.3 Å². The maximum absolute atomic E-state index is 12.3. The molecule has 0 amide bonds. The van der Waals surface area contributed by atoms with E-state index < -0.39 is 0 Å². The molecular formula is C46H89NO5. The minimum absolute atomic E-state index is 0.00145. The lowest BCUT2D eigenvalue weighted by molar-refractivity contribution is -0.146. The van der Waals surface area contributed by atoms with Crippen LogP contribution in [0.4, 0.5) is 0 Å². The number of unbranched alkanes of at least 4 members (excludes halogenated alkanes) is 12. The Labute approximate surface area is 324 Å². The molecule has 52 heavy (non-hydrogen) atoms. The summed E-state index contributed by atoms with van der Waals surface area (Å²) in [5, 5.41) is 0. The van der Waals surface area contributed by atoms with E-state index >= 15 is 0 Å². The number of nitrogens with zero attached hydrogens (tertiary/aromatic N) is 1. The maximum atomic E-state index is 12.3. The van der Waals surface area contributed by atoms with Gasteiger partial charge in [0, 0.05) is 32.5 Å². The summed E-state index contributed by atoms with van der Waals surface area (Å²) in [6, 6.07) is 0. The van der Waals surface area contributed by atoms with Crippen molar-refractivity contribution < 1.29 is 23.8 Å². The first-order valence-electron chi connectivity index (χ1n) is 22.6. The standard InChI is InChI=1S/C46H89NO5/c1-38(2)27-29-43(40(5)6)36-51-45(48)25-21-17-13-9-11-15-19-23-42(35-47-31-33-50-34-32-47)24-20-16-12-10-14-18-22-26-46(49)52-37-44(41(7)8)30-28-39(3)4/h38-44H,9-37H2,1-8H3. The van der Waals surface area contributed by atoms with E-state index in [9.17, 15) is 9.59 Å². The number of ether oxygens (including phenoxy) is 3. The van der Waals surface area contributed by atoms with Crippen molar-refractivity contribution in [1.82, 2.24) is 4.90 Å². The van der Waals surface area contributed by atoms with E-state index in [4.69, 9.17) is 14.2 Å². The van der Waals surface area contributed by atoms with Gasteiger partial charge >= 0.3 is 11.9 Å². The number of hydrogen-bond donors (Lipinski definition) is 0. The Morgan fingerprint density at radius 3 is 1.23 bits per heavy atom. The van der Waals surface area contributed by atoms with Crippen molar-refractivity contribution in [3.05, 3.63) is 0 Å². The van der Waals surface area contributed by atoms with Crippen molar-refractivity contribution in [3.63, 3.8) is 0 Å². The molecule has 308 valence electrons.